The van der Waals surface area contributed by atoms with E-state index >= 15 is 0 Å². The van der Waals surface area contributed by atoms with Crippen LogP contribution >= 0.6 is 23.1 Å². The Morgan fingerprint density at radius 3 is 2.57 bits per heavy atom. The zero-order valence-electron chi connectivity index (χ0n) is 19.4. The van der Waals surface area contributed by atoms with Gasteiger partial charge in [0.05, 0.1) is 20.9 Å². The molecule has 0 unspecified atom stereocenters. The second-order valence-electron chi connectivity index (χ2n) is 8.09. The van der Waals surface area contributed by atoms with E-state index in [0.29, 0.717) is 23.8 Å². The molecule has 2 N–H and O–H groups in total. The summed E-state index contributed by atoms with van der Waals surface area (Å²) < 4.78 is 3.06. The Morgan fingerprint density at radius 1 is 1.03 bits per heavy atom. The average Bonchev–Trinajstić information content (AvgIpc) is 3.48. The first-order valence-corrected chi connectivity index (χ1v) is 13.2. The topological polar surface area (TPSA) is 119 Å². The van der Waals surface area contributed by atoms with Crippen molar-refractivity contribution in [1.82, 2.24) is 14.9 Å². The van der Waals surface area contributed by atoms with E-state index < -0.39 is 4.92 Å². The molecule has 0 spiro atoms. The summed E-state index contributed by atoms with van der Waals surface area (Å²) in [6.45, 7) is 0.897. The van der Waals surface area contributed by atoms with Crippen molar-refractivity contribution in [3.05, 3.63) is 94.7 Å². The van der Waals surface area contributed by atoms with Crippen LogP contribution in [0.5, 0.6) is 0 Å². The van der Waals surface area contributed by atoms with E-state index in [2.05, 4.69) is 15.6 Å². The van der Waals surface area contributed by atoms with Crippen molar-refractivity contribution >= 4 is 66.9 Å². The van der Waals surface area contributed by atoms with Crippen LogP contribution in [-0.2, 0) is 11.3 Å². The van der Waals surface area contributed by atoms with Crippen LogP contribution in [0.3, 0.4) is 0 Å². The summed E-state index contributed by atoms with van der Waals surface area (Å²) in [6, 6.07) is 21.2. The third-order valence-corrected chi connectivity index (χ3v) is 7.62. The van der Waals surface area contributed by atoms with Gasteiger partial charge < -0.3 is 15.2 Å². The second-order valence-corrected chi connectivity index (χ2v) is 10.1. The molecule has 0 fully saturated rings. The fourth-order valence-corrected chi connectivity index (χ4v) is 5.63. The van der Waals surface area contributed by atoms with Gasteiger partial charge in [-0.15, -0.1) is 11.8 Å². The average molecular weight is 532 g/mol. The Hall–Kier alpha value is -4.22. The van der Waals surface area contributed by atoms with Gasteiger partial charge in [-0.2, -0.15) is 0 Å². The zero-order valence-corrected chi connectivity index (χ0v) is 21.1. The van der Waals surface area contributed by atoms with E-state index in [9.17, 15) is 19.7 Å². The SMILES string of the molecule is O=C(CSc1cn(CCNC(=O)c2ccc([N+](=O)[O-])cc2)c2ccccc12)Nc1nc2ccccc2s1. The lowest BCUT2D eigenvalue weighted by Gasteiger charge is -2.07. The molecule has 9 nitrogen and oxygen atoms in total. The minimum Gasteiger partial charge on any atom is -0.350 e. The number of nitrogens with one attached hydrogen (secondary N) is 2. The van der Waals surface area contributed by atoms with Crippen molar-refractivity contribution < 1.29 is 14.5 Å². The monoisotopic (exact) mass is 531 g/mol. The standard InChI is InChI=1S/C26H21N5O4S2/c32-24(29-26-28-20-6-2-4-8-22(20)37-26)16-36-23-15-30(21-7-3-1-5-19(21)23)14-13-27-25(33)17-9-11-18(12-10-17)31(34)35/h1-12,15H,13-14,16H2,(H,27,33)(H,28,29,32). The summed E-state index contributed by atoms with van der Waals surface area (Å²) in [5.41, 5.74) is 2.16. The number of para-hydroxylation sites is 2. The highest BCUT2D eigenvalue weighted by atomic mass is 32.2. The lowest BCUT2D eigenvalue weighted by molar-refractivity contribution is -0.384. The van der Waals surface area contributed by atoms with Gasteiger partial charge in [0, 0.05) is 52.8 Å². The summed E-state index contributed by atoms with van der Waals surface area (Å²) in [7, 11) is 0. The molecule has 186 valence electrons. The molecule has 0 aliphatic rings. The number of carbonyl (C=O) groups is 2. The molecule has 2 aromatic heterocycles. The van der Waals surface area contributed by atoms with E-state index in [1.807, 2.05) is 59.3 Å². The fourth-order valence-electron chi connectivity index (χ4n) is 3.86. The fraction of sp³-hybridized carbons (Fsp3) is 0.115. The third kappa shape index (κ3) is 5.63. The number of amides is 2. The molecule has 0 aliphatic carbocycles. The highest BCUT2D eigenvalue weighted by Gasteiger charge is 2.13. The van der Waals surface area contributed by atoms with Gasteiger partial charge in [-0.25, -0.2) is 4.98 Å². The van der Waals surface area contributed by atoms with E-state index in [4.69, 9.17) is 0 Å². The van der Waals surface area contributed by atoms with Crippen molar-refractivity contribution in [2.75, 3.05) is 17.6 Å². The van der Waals surface area contributed by atoms with Gasteiger partial charge >= 0.3 is 0 Å². The highest BCUT2D eigenvalue weighted by molar-refractivity contribution is 8.00. The van der Waals surface area contributed by atoms with Gasteiger partial charge in [-0.05, 0) is 30.3 Å². The minimum absolute atomic E-state index is 0.0610. The molecular formula is C26H21N5O4S2. The Labute approximate surface area is 219 Å². The van der Waals surface area contributed by atoms with Crippen molar-refractivity contribution in [3.63, 3.8) is 0 Å². The first kappa shape index (κ1) is 24.5. The summed E-state index contributed by atoms with van der Waals surface area (Å²) >= 11 is 2.89. The van der Waals surface area contributed by atoms with Gasteiger partial charge in [0.25, 0.3) is 11.6 Å². The molecule has 5 rings (SSSR count). The van der Waals surface area contributed by atoms with E-state index in [1.165, 1.54) is 47.4 Å². The maximum absolute atomic E-state index is 12.6. The zero-order chi connectivity index (χ0) is 25.8. The lowest BCUT2D eigenvalue weighted by atomic mass is 10.2. The summed E-state index contributed by atoms with van der Waals surface area (Å²) in [6.07, 6.45) is 1.98. The maximum Gasteiger partial charge on any atom is 0.269 e. The van der Waals surface area contributed by atoms with E-state index in [0.717, 1.165) is 26.0 Å². The Balaban J connectivity index is 1.20. The van der Waals surface area contributed by atoms with Crippen molar-refractivity contribution in [1.29, 1.82) is 0 Å². The number of aromatic nitrogens is 2. The normalized spacial score (nSPS) is 11.0. The van der Waals surface area contributed by atoms with E-state index in [-0.39, 0.29) is 23.3 Å². The van der Waals surface area contributed by atoms with E-state index in [1.54, 1.807) is 0 Å². The lowest BCUT2D eigenvalue weighted by Crippen LogP contribution is -2.27. The largest absolute Gasteiger partial charge is 0.350 e. The Morgan fingerprint density at radius 2 is 1.78 bits per heavy atom. The third-order valence-electron chi connectivity index (χ3n) is 5.63. The van der Waals surface area contributed by atoms with Crippen LogP contribution in [0.1, 0.15) is 10.4 Å². The number of anilines is 1. The Kier molecular flexibility index (Phi) is 7.15. The predicted octanol–water partition coefficient (Wildman–Crippen LogP) is 5.32. The number of thioether (sulfide) groups is 1. The van der Waals surface area contributed by atoms with Crippen molar-refractivity contribution in [2.45, 2.75) is 11.4 Å². The number of nitro groups is 1. The van der Waals surface area contributed by atoms with Crippen molar-refractivity contribution in [3.8, 4) is 0 Å². The van der Waals surface area contributed by atoms with Gasteiger partial charge in [0.1, 0.15) is 0 Å². The molecule has 2 amide bonds. The predicted molar refractivity (Wildman–Crippen MR) is 146 cm³/mol. The van der Waals surface area contributed by atoms with Crippen LogP contribution in [0, 0.1) is 10.1 Å². The summed E-state index contributed by atoms with van der Waals surface area (Å²) in [5.74, 6) is -0.190. The number of nitrogens with zero attached hydrogens (tertiary/aromatic N) is 3. The number of non-ortho nitro benzene ring substituents is 1. The van der Waals surface area contributed by atoms with Crippen LogP contribution in [-0.4, -0.2) is 38.6 Å². The molecule has 3 aromatic carbocycles. The highest BCUT2D eigenvalue weighted by Crippen LogP contribution is 2.31. The molecular weight excluding hydrogens is 510 g/mol. The number of thiazole rings is 1. The molecule has 11 heteroatoms. The molecule has 0 atom stereocenters. The number of fused-ring (bicyclic) bond motifs is 2. The summed E-state index contributed by atoms with van der Waals surface area (Å²) in [4.78, 5) is 40.7. The van der Waals surface area contributed by atoms with Gasteiger partial charge in [0.15, 0.2) is 5.13 Å². The molecule has 0 saturated carbocycles. The summed E-state index contributed by atoms with van der Waals surface area (Å²) in [5, 5.41) is 18.1. The molecule has 0 aliphatic heterocycles. The molecule has 5 aromatic rings. The van der Waals surface area contributed by atoms with Crippen molar-refractivity contribution in [2.24, 2.45) is 0 Å². The number of rotatable bonds is 9. The number of hydrogen-bond acceptors (Lipinski definition) is 7. The second kappa shape index (κ2) is 10.8. The maximum atomic E-state index is 12.6. The smallest absolute Gasteiger partial charge is 0.269 e. The number of nitro benzene ring substituents is 1. The molecule has 2 heterocycles. The molecule has 0 saturated heterocycles. The van der Waals surface area contributed by atoms with Gasteiger partial charge in [-0.1, -0.05) is 41.7 Å². The number of hydrogen-bond donors (Lipinski definition) is 2. The molecule has 0 bridgehead atoms. The molecule has 37 heavy (non-hydrogen) atoms. The first-order valence-electron chi connectivity index (χ1n) is 11.4. The Bertz CT molecular complexity index is 1580. The first-order chi connectivity index (χ1) is 18.0. The molecule has 0 radical (unpaired) electrons. The quantitative estimate of drug-likeness (QED) is 0.151. The van der Waals surface area contributed by atoms with Crippen LogP contribution in [0.25, 0.3) is 21.1 Å². The van der Waals surface area contributed by atoms with Gasteiger partial charge in [-0.3, -0.25) is 19.7 Å². The van der Waals surface area contributed by atoms with Crippen LogP contribution in [0.4, 0.5) is 10.8 Å². The minimum atomic E-state index is -0.501. The van der Waals surface area contributed by atoms with Crippen LogP contribution < -0.4 is 10.6 Å². The van der Waals surface area contributed by atoms with Gasteiger partial charge in [0.2, 0.25) is 5.91 Å². The van der Waals surface area contributed by atoms with Crippen LogP contribution in [0.2, 0.25) is 0 Å². The number of benzene rings is 3. The number of carbonyl (C=O) groups excluding carboxylic acids is 2. The van der Waals surface area contributed by atoms with Crippen LogP contribution in [0.15, 0.2) is 83.9 Å².